The quantitative estimate of drug-likeness (QED) is 0.223. The molecule has 0 unspecified atom stereocenters. The zero-order chi connectivity index (χ0) is 23.7. The van der Waals surface area contributed by atoms with Crippen molar-refractivity contribution in [3.63, 3.8) is 0 Å². The molecule has 1 N–H and O–H groups in total. The molecule has 1 aliphatic carbocycles. The molecular weight excluding hydrogens is 454 g/mol. The predicted molar refractivity (Wildman–Crippen MR) is 131 cm³/mol. The minimum absolute atomic E-state index is 0.105. The van der Waals surface area contributed by atoms with Crippen LogP contribution in [0.15, 0.2) is 47.3 Å². The Balaban J connectivity index is 1.45. The first kappa shape index (κ1) is 22.1. The van der Waals surface area contributed by atoms with E-state index < -0.39 is 4.92 Å². The molecule has 0 bridgehead atoms. The summed E-state index contributed by atoms with van der Waals surface area (Å²) in [5.74, 6) is 1.39. The minimum Gasteiger partial charge on any atom is -0.490 e. The third kappa shape index (κ3) is 4.38. The third-order valence-electron chi connectivity index (χ3n) is 5.85. The monoisotopic (exact) mass is 477 g/mol. The number of fused-ring (bicyclic) bond motifs is 3. The summed E-state index contributed by atoms with van der Waals surface area (Å²) in [6.45, 7) is 2.50. The van der Waals surface area contributed by atoms with Gasteiger partial charge in [-0.05, 0) is 61.9 Å². The maximum Gasteiger partial charge on any atom is 0.270 e. The van der Waals surface area contributed by atoms with Gasteiger partial charge in [-0.25, -0.2) is 4.98 Å². The zero-order valence-electron chi connectivity index (χ0n) is 18.6. The Hall–Kier alpha value is -3.72. The number of thiophene rings is 1. The lowest BCUT2D eigenvalue weighted by Gasteiger charge is -2.12. The number of aromatic amines is 1. The molecule has 0 saturated carbocycles. The maximum atomic E-state index is 13.0. The molecule has 2 aromatic carbocycles. The predicted octanol–water partition coefficient (Wildman–Crippen LogP) is 5.20. The Kier molecular flexibility index (Phi) is 6.02. The fourth-order valence-electron chi connectivity index (χ4n) is 4.25. The van der Waals surface area contributed by atoms with Crippen LogP contribution in [0.25, 0.3) is 21.6 Å². The normalized spacial score (nSPS) is 13.0. The SMILES string of the molecule is Cc1cccc(OCCOc2ccc([N+](=O)[O-])cc2-c2nc3sc4c(c3c(=O)[nH]2)CCCC4)c1. The molecule has 0 fully saturated rings. The molecule has 0 radical (unpaired) electrons. The van der Waals surface area contributed by atoms with Gasteiger partial charge in [-0.15, -0.1) is 11.3 Å². The molecule has 34 heavy (non-hydrogen) atoms. The van der Waals surface area contributed by atoms with Crippen LogP contribution in [-0.4, -0.2) is 28.1 Å². The van der Waals surface area contributed by atoms with E-state index in [9.17, 15) is 14.9 Å². The molecule has 0 aliphatic heterocycles. The summed E-state index contributed by atoms with van der Waals surface area (Å²) in [6, 6.07) is 12.0. The Morgan fingerprint density at radius 2 is 1.94 bits per heavy atom. The van der Waals surface area contributed by atoms with Gasteiger partial charge in [0.25, 0.3) is 11.2 Å². The second-order valence-corrected chi connectivity index (χ2v) is 9.34. The van der Waals surface area contributed by atoms with Gasteiger partial charge in [-0.2, -0.15) is 0 Å². The molecular formula is C25H23N3O5S. The van der Waals surface area contributed by atoms with Crippen molar-refractivity contribution in [3.8, 4) is 22.9 Å². The molecule has 2 aromatic heterocycles. The number of nitro groups is 1. The number of hydrogen-bond acceptors (Lipinski definition) is 7. The molecule has 4 aromatic rings. The Labute approximate surface area is 199 Å². The summed E-state index contributed by atoms with van der Waals surface area (Å²) in [5.41, 5.74) is 2.23. The fraction of sp³-hybridized carbons (Fsp3) is 0.280. The van der Waals surface area contributed by atoms with E-state index in [0.717, 1.165) is 42.6 Å². The Bertz CT molecular complexity index is 1440. The van der Waals surface area contributed by atoms with Crippen LogP contribution in [0.3, 0.4) is 0 Å². The molecule has 9 heteroatoms. The number of aromatic nitrogens is 2. The van der Waals surface area contributed by atoms with E-state index >= 15 is 0 Å². The smallest absolute Gasteiger partial charge is 0.270 e. The first-order chi connectivity index (χ1) is 16.5. The lowest BCUT2D eigenvalue weighted by atomic mass is 9.97. The van der Waals surface area contributed by atoms with Crippen molar-refractivity contribution in [2.75, 3.05) is 13.2 Å². The van der Waals surface area contributed by atoms with E-state index in [-0.39, 0.29) is 23.7 Å². The molecule has 0 saturated heterocycles. The van der Waals surface area contributed by atoms with Gasteiger partial charge in [0, 0.05) is 17.0 Å². The second kappa shape index (κ2) is 9.26. The van der Waals surface area contributed by atoms with Gasteiger partial charge in [0.05, 0.1) is 15.9 Å². The lowest BCUT2D eigenvalue weighted by molar-refractivity contribution is -0.384. The van der Waals surface area contributed by atoms with E-state index in [0.29, 0.717) is 28.1 Å². The van der Waals surface area contributed by atoms with Crippen LogP contribution in [0.1, 0.15) is 28.8 Å². The van der Waals surface area contributed by atoms with Gasteiger partial charge in [0.2, 0.25) is 0 Å². The van der Waals surface area contributed by atoms with Crippen molar-refractivity contribution in [1.29, 1.82) is 0 Å². The first-order valence-corrected chi connectivity index (χ1v) is 12.0. The molecule has 8 nitrogen and oxygen atoms in total. The second-order valence-electron chi connectivity index (χ2n) is 8.26. The number of nitrogens with zero attached hydrogens (tertiary/aromatic N) is 2. The van der Waals surface area contributed by atoms with Gasteiger partial charge in [-0.3, -0.25) is 14.9 Å². The summed E-state index contributed by atoms with van der Waals surface area (Å²) in [4.78, 5) is 33.3. The van der Waals surface area contributed by atoms with E-state index in [2.05, 4.69) is 9.97 Å². The fourth-order valence-corrected chi connectivity index (χ4v) is 5.51. The number of rotatable bonds is 7. The van der Waals surface area contributed by atoms with Gasteiger partial charge >= 0.3 is 0 Å². The number of benzene rings is 2. The van der Waals surface area contributed by atoms with E-state index in [1.165, 1.54) is 34.4 Å². The van der Waals surface area contributed by atoms with Crippen LogP contribution in [-0.2, 0) is 12.8 Å². The van der Waals surface area contributed by atoms with Crippen LogP contribution in [0.2, 0.25) is 0 Å². The minimum atomic E-state index is -0.478. The largest absolute Gasteiger partial charge is 0.490 e. The number of H-pyrrole nitrogens is 1. The van der Waals surface area contributed by atoms with E-state index in [1.54, 1.807) is 0 Å². The van der Waals surface area contributed by atoms with Crippen molar-refractivity contribution in [2.45, 2.75) is 32.6 Å². The highest BCUT2D eigenvalue weighted by atomic mass is 32.1. The molecule has 2 heterocycles. The lowest BCUT2D eigenvalue weighted by Crippen LogP contribution is -2.13. The van der Waals surface area contributed by atoms with Crippen molar-refractivity contribution in [1.82, 2.24) is 9.97 Å². The number of non-ortho nitro benzene ring substituents is 1. The van der Waals surface area contributed by atoms with Crippen LogP contribution in [0.4, 0.5) is 5.69 Å². The summed E-state index contributed by atoms with van der Waals surface area (Å²) >= 11 is 1.53. The summed E-state index contributed by atoms with van der Waals surface area (Å²) < 4.78 is 11.6. The van der Waals surface area contributed by atoms with Crippen molar-refractivity contribution in [2.24, 2.45) is 0 Å². The number of ether oxygens (including phenoxy) is 2. The number of nitro benzene ring substituents is 1. The molecule has 0 amide bonds. The summed E-state index contributed by atoms with van der Waals surface area (Å²) in [6.07, 6.45) is 4.01. The zero-order valence-corrected chi connectivity index (χ0v) is 19.4. The molecule has 174 valence electrons. The van der Waals surface area contributed by atoms with Crippen LogP contribution < -0.4 is 15.0 Å². The maximum absolute atomic E-state index is 13.0. The third-order valence-corrected chi connectivity index (χ3v) is 7.04. The number of hydrogen-bond donors (Lipinski definition) is 1. The number of aryl methyl sites for hydroxylation is 3. The average molecular weight is 478 g/mol. The standard InChI is InChI=1S/C25H23N3O5S/c1-15-5-4-6-17(13-15)32-11-12-33-20-10-9-16(28(30)31)14-19(20)23-26-24(29)22-18-7-2-3-8-21(18)34-25(22)27-23/h4-6,9-10,13-14H,2-3,7-8,11-12H2,1H3,(H,26,27,29). The van der Waals surface area contributed by atoms with E-state index in [1.807, 2.05) is 31.2 Å². The van der Waals surface area contributed by atoms with Crippen molar-refractivity contribution < 1.29 is 14.4 Å². The highest BCUT2D eigenvalue weighted by Crippen LogP contribution is 2.36. The molecule has 1 aliphatic rings. The van der Waals surface area contributed by atoms with Crippen molar-refractivity contribution >= 4 is 27.2 Å². The Morgan fingerprint density at radius 3 is 2.76 bits per heavy atom. The molecule has 0 spiro atoms. The van der Waals surface area contributed by atoms with Crippen molar-refractivity contribution in [3.05, 3.63) is 78.9 Å². The Morgan fingerprint density at radius 1 is 1.12 bits per heavy atom. The summed E-state index contributed by atoms with van der Waals surface area (Å²) in [5, 5.41) is 12.0. The van der Waals surface area contributed by atoms with Gasteiger partial charge < -0.3 is 14.5 Å². The highest BCUT2D eigenvalue weighted by molar-refractivity contribution is 7.18. The topological polar surface area (TPSA) is 107 Å². The molecule has 0 atom stereocenters. The van der Waals surface area contributed by atoms with Crippen LogP contribution in [0.5, 0.6) is 11.5 Å². The highest BCUT2D eigenvalue weighted by Gasteiger charge is 2.22. The first-order valence-electron chi connectivity index (χ1n) is 11.2. The van der Waals surface area contributed by atoms with E-state index in [4.69, 9.17) is 9.47 Å². The van der Waals surface area contributed by atoms with Gasteiger partial charge in [-0.1, -0.05) is 12.1 Å². The van der Waals surface area contributed by atoms with Gasteiger partial charge in [0.1, 0.15) is 35.4 Å². The molecule has 5 rings (SSSR count). The summed E-state index contributed by atoms with van der Waals surface area (Å²) in [7, 11) is 0. The average Bonchev–Trinajstić information content (AvgIpc) is 3.21. The number of nitrogens with one attached hydrogen (secondary N) is 1. The van der Waals surface area contributed by atoms with Crippen LogP contribution in [0, 0.1) is 17.0 Å². The van der Waals surface area contributed by atoms with Crippen LogP contribution >= 0.6 is 11.3 Å². The van der Waals surface area contributed by atoms with Gasteiger partial charge in [0.15, 0.2) is 0 Å².